The third-order valence-electron chi connectivity index (χ3n) is 1.68. The third kappa shape index (κ3) is 1.82. The van der Waals surface area contributed by atoms with E-state index >= 15 is 0 Å². The second kappa shape index (κ2) is 3.04. The predicted octanol–water partition coefficient (Wildman–Crippen LogP) is 1.60. The van der Waals surface area contributed by atoms with Crippen molar-refractivity contribution in [1.82, 2.24) is 5.09 Å². The first-order chi connectivity index (χ1) is 4.66. The smallest absolute Gasteiger partial charge is 0.269 e. The van der Waals surface area contributed by atoms with Gasteiger partial charge in [-0.1, -0.05) is 6.92 Å². The summed E-state index contributed by atoms with van der Waals surface area (Å²) in [5.41, 5.74) is 0. The molecule has 0 saturated carbocycles. The maximum Gasteiger partial charge on any atom is 0.269 e. The molecule has 0 bridgehead atoms. The lowest BCUT2D eigenvalue weighted by Crippen LogP contribution is -2.31. The van der Waals surface area contributed by atoms with Crippen molar-refractivity contribution in [3.8, 4) is 0 Å². The van der Waals surface area contributed by atoms with Gasteiger partial charge in [0, 0.05) is 12.2 Å². The van der Waals surface area contributed by atoms with E-state index in [1.807, 2.05) is 13.8 Å². The molecule has 4 heteroatoms. The molecule has 1 aliphatic rings. The van der Waals surface area contributed by atoms with Gasteiger partial charge in [0.05, 0.1) is 6.61 Å². The largest absolute Gasteiger partial charge is 0.317 e. The first-order valence-electron chi connectivity index (χ1n) is 3.68. The Bertz CT molecular complexity index is 160. The van der Waals surface area contributed by atoms with E-state index in [-0.39, 0.29) is 0 Å². The monoisotopic (exact) mass is 163 g/mol. The van der Waals surface area contributed by atoms with Gasteiger partial charge in [0.2, 0.25) is 0 Å². The van der Waals surface area contributed by atoms with Crippen LogP contribution in [0.25, 0.3) is 0 Å². The van der Waals surface area contributed by atoms with Gasteiger partial charge in [-0.05, 0) is 13.3 Å². The third-order valence-corrected chi connectivity index (χ3v) is 3.95. The summed E-state index contributed by atoms with van der Waals surface area (Å²) in [5.74, 6) is 0. The summed E-state index contributed by atoms with van der Waals surface area (Å²) in [6, 6.07) is 0.347. The summed E-state index contributed by atoms with van der Waals surface area (Å²) >= 11 is 0. The molecule has 0 radical (unpaired) electrons. The van der Waals surface area contributed by atoms with Crippen molar-refractivity contribution in [1.29, 1.82) is 0 Å². The lowest BCUT2D eigenvalue weighted by atomic mass is 10.3. The first kappa shape index (κ1) is 8.25. The van der Waals surface area contributed by atoms with Gasteiger partial charge in [0.15, 0.2) is 0 Å². The Labute approximate surface area is 61.7 Å². The van der Waals surface area contributed by atoms with E-state index in [1.54, 1.807) is 0 Å². The highest BCUT2D eigenvalue weighted by Gasteiger charge is 2.26. The van der Waals surface area contributed by atoms with Crippen LogP contribution in [0.15, 0.2) is 0 Å². The predicted molar refractivity (Wildman–Crippen MR) is 41.3 cm³/mol. The lowest BCUT2D eigenvalue weighted by molar-refractivity contribution is 0.256. The molecule has 60 valence electrons. The first-order valence-corrected chi connectivity index (χ1v) is 5.49. The van der Waals surface area contributed by atoms with Gasteiger partial charge in [-0.3, -0.25) is 4.57 Å². The molecular weight excluding hydrogens is 149 g/mol. The molecule has 1 rings (SSSR count). The van der Waals surface area contributed by atoms with Crippen LogP contribution in [0.3, 0.4) is 0 Å². The van der Waals surface area contributed by atoms with Crippen LogP contribution in [0.4, 0.5) is 0 Å². The summed E-state index contributed by atoms with van der Waals surface area (Å²) < 4.78 is 16.6. The summed E-state index contributed by atoms with van der Waals surface area (Å²) in [6.07, 6.45) is 1.56. The van der Waals surface area contributed by atoms with E-state index in [9.17, 15) is 4.57 Å². The molecule has 1 N–H and O–H groups in total. The van der Waals surface area contributed by atoms with Crippen molar-refractivity contribution in [2.24, 2.45) is 0 Å². The van der Waals surface area contributed by atoms with Crippen molar-refractivity contribution in [2.45, 2.75) is 26.3 Å². The standard InChI is InChI=1S/C6H14NO2P/c1-3-10(8)7-6(2)4-5-9-10/h6H,3-5H2,1-2H3,(H,7,8)/t6-,10?/m1/s1. The fraction of sp³-hybridized carbons (Fsp3) is 1.00. The molecule has 0 aromatic heterocycles. The van der Waals surface area contributed by atoms with Gasteiger partial charge in [-0.2, -0.15) is 0 Å². The lowest BCUT2D eigenvalue weighted by Gasteiger charge is -2.27. The van der Waals surface area contributed by atoms with Gasteiger partial charge in [-0.15, -0.1) is 0 Å². The number of nitrogens with one attached hydrogen (secondary N) is 1. The Morgan fingerprint density at radius 1 is 1.80 bits per heavy atom. The second-order valence-electron chi connectivity index (χ2n) is 2.64. The Morgan fingerprint density at radius 3 is 2.90 bits per heavy atom. The van der Waals surface area contributed by atoms with Crippen LogP contribution in [0, 0.1) is 0 Å². The van der Waals surface area contributed by atoms with Crippen LogP contribution in [0.1, 0.15) is 20.3 Å². The molecule has 1 saturated heterocycles. The maximum atomic E-state index is 11.5. The van der Waals surface area contributed by atoms with Crippen molar-refractivity contribution in [3.63, 3.8) is 0 Å². The van der Waals surface area contributed by atoms with Crippen molar-refractivity contribution in [2.75, 3.05) is 12.8 Å². The van der Waals surface area contributed by atoms with E-state index in [0.29, 0.717) is 18.8 Å². The van der Waals surface area contributed by atoms with Crippen LogP contribution in [-0.4, -0.2) is 18.8 Å². The molecule has 0 amide bonds. The van der Waals surface area contributed by atoms with Gasteiger partial charge >= 0.3 is 0 Å². The van der Waals surface area contributed by atoms with Crippen molar-refractivity contribution < 1.29 is 9.09 Å². The molecule has 2 atom stereocenters. The summed E-state index contributed by atoms with van der Waals surface area (Å²) in [4.78, 5) is 0. The topological polar surface area (TPSA) is 38.3 Å². The Hall–Kier alpha value is 0.150. The Balaban J connectivity index is 2.54. The van der Waals surface area contributed by atoms with Gasteiger partial charge in [0.25, 0.3) is 7.52 Å². The highest BCUT2D eigenvalue weighted by atomic mass is 31.2. The molecule has 0 aliphatic carbocycles. The quantitative estimate of drug-likeness (QED) is 0.596. The number of hydrogen-bond donors (Lipinski definition) is 1. The van der Waals surface area contributed by atoms with Crippen LogP contribution in [0.2, 0.25) is 0 Å². The molecule has 0 aromatic rings. The van der Waals surface area contributed by atoms with E-state index in [4.69, 9.17) is 4.52 Å². The number of rotatable bonds is 1. The SMILES string of the molecule is CCP1(=O)N[C@H](C)CCO1. The summed E-state index contributed by atoms with van der Waals surface area (Å²) in [6.45, 7) is 4.55. The van der Waals surface area contributed by atoms with Gasteiger partial charge < -0.3 is 4.52 Å². The average molecular weight is 163 g/mol. The van der Waals surface area contributed by atoms with E-state index in [2.05, 4.69) is 5.09 Å². The fourth-order valence-corrected chi connectivity index (χ4v) is 2.64. The average Bonchev–Trinajstić information content (AvgIpc) is 1.88. The van der Waals surface area contributed by atoms with Crippen molar-refractivity contribution >= 4 is 7.52 Å². The van der Waals surface area contributed by atoms with E-state index < -0.39 is 7.52 Å². The van der Waals surface area contributed by atoms with Crippen LogP contribution in [-0.2, 0) is 9.09 Å². The molecule has 1 unspecified atom stereocenters. The molecule has 10 heavy (non-hydrogen) atoms. The normalized spacial score (nSPS) is 41.6. The fourth-order valence-electron chi connectivity index (χ4n) is 0.997. The van der Waals surface area contributed by atoms with Crippen LogP contribution in [0.5, 0.6) is 0 Å². The molecule has 1 fully saturated rings. The van der Waals surface area contributed by atoms with Gasteiger partial charge in [-0.25, -0.2) is 5.09 Å². The zero-order chi connectivity index (χ0) is 7.61. The maximum absolute atomic E-state index is 11.5. The summed E-state index contributed by atoms with van der Waals surface area (Å²) in [5, 5.41) is 2.98. The zero-order valence-electron chi connectivity index (χ0n) is 6.46. The minimum Gasteiger partial charge on any atom is -0.317 e. The van der Waals surface area contributed by atoms with Gasteiger partial charge in [0.1, 0.15) is 0 Å². The number of hydrogen-bond acceptors (Lipinski definition) is 2. The van der Waals surface area contributed by atoms with Crippen LogP contribution >= 0.6 is 7.52 Å². The molecule has 3 nitrogen and oxygen atoms in total. The second-order valence-corrected chi connectivity index (χ2v) is 5.14. The minimum absolute atomic E-state index is 0.347. The molecule has 0 spiro atoms. The molecule has 1 aliphatic heterocycles. The summed E-state index contributed by atoms with van der Waals surface area (Å²) in [7, 11) is -2.40. The van der Waals surface area contributed by atoms with E-state index in [1.165, 1.54) is 0 Å². The van der Waals surface area contributed by atoms with Crippen molar-refractivity contribution in [3.05, 3.63) is 0 Å². The Morgan fingerprint density at radius 2 is 2.50 bits per heavy atom. The highest BCUT2D eigenvalue weighted by molar-refractivity contribution is 7.56. The minimum atomic E-state index is -2.40. The molecule has 0 aromatic carbocycles. The highest BCUT2D eigenvalue weighted by Crippen LogP contribution is 2.44. The molecule has 1 heterocycles. The molecular formula is C6H14NO2P. The van der Waals surface area contributed by atoms with E-state index in [0.717, 1.165) is 6.42 Å². The Kier molecular flexibility index (Phi) is 2.50. The van der Waals surface area contributed by atoms with Crippen LogP contribution < -0.4 is 5.09 Å². The zero-order valence-corrected chi connectivity index (χ0v) is 7.36.